The van der Waals surface area contributed by atoms with E-state index in [-0.39, 0.29) is 6.61 Å². The van der Waals surface area contributed by atoms with Crippen LogP contribution in [0.25, 0.3) is 10.2 Å². The van der Waals surface area contributed by atoms with Gasteiger partial charge in [0.25, 0.3) is 0 Å². The molecule has 0 saturated heterocycles. The monoisotopic (exact) mass is 398 g/mol. The van der Waals surface area contributed by atoms with E-state index in [2.05, 4.69) is 10.3 Å². The van der Waals surface area contributed by atoms with E-state index in [4.69, 9.17) is 9.47 Å². The Labute approximate surface area is 167 Å². The summed E-state index contributed by atoms with van der Waals surface area (Å²) in [4.78, 5) is 28.4. The van der Waals surface area contributed by atoms with Crippen LogP contribution in [-0.2, 0) is 22.6 Å². The number of carbonyl (C=O) groups is 2. The van der Waals surface area contributed by atoms with Gasteiger partial charge in [-0.1, -0.05) is 24.3 Å². The van der Waals surface area contributed by atoms with Gasteiger partial charge in [-0.25, -0.2) is 14.6 Å². The highest BCUT2D eigenvalue weighted by Crippen LogP contribution is 2.22. The molecule has 1 aromatic heterocycles. The largest absolute Gasteiger partial charge is 0.455 e. The van der Waals surface area contributed by atoms with E-state index in [0.717, 1.165) is 20.8 Å². The number of rotatable bonds is 5. The van der Waals surface area contributed by atoms with Gasteiger partial charge >= 0.3 is 12.1 Å². The number of benzene rings is 2. The fourth-order valence-electron chi connectivity index (χ4n) is 2.44. The molecule has 0 unspecified atom stereocenters. The van der Waals surface area contributed by atoms with Gasteiger partial charge in [0.1, 0.15) is 17.2 Å². The fraction of sp³-hybridized carbons (Fsp3) is 0.286. The summed E-state index contributed by atoms with van der Waals surface area (Å²) in [6.45, 7) is 5.88. The van der Waals surface area contributed by atoms with E-state index in [9.17, 15) is 9.59 Å². The number of ether oxygens (including phenoxy) is 2. The second-order valence-electron chi connectivity index (χ2n) is 7.20. The predicted molar refractivity (Wildman–Crippen MR) is 108 cm³/mol. The number of aromatic nitrogens is 1. The number of fused-ring (bicyclic) bond motifs is 1. The average Bonchev–Trinajstić information content (AvgIpc) is 3.06. The Kier molecular flexibility index (Phi) is 5.94. The SMILES string of the molecule is CC(C)(C)OC(=O)NCc1ccc(C(=O)OCc2nc3ccccc3s2)cc1. The van der Waals surface area contributed by atoms with Crippen LogP contribution in [0.2, 0.25) is 0 Å². The Morgan fingerprint density at radius 1 is 1.07 bits per heavy atom. The van der Waals surface area contributed by atoms with Crippen molar-refractivity contribution in [1.82, 2.24) is 10.3 Å². The molecule has 6 nitrogen and oxygen atoms in total. The first kappa shape index (κ1) is 19.8. The number of amides is 1. The summed E-state index contributed by atoms with van der Waals surface area (Å²) in [6, 6.07) is 14.7. The van der Waals surface area contributed by atoms with Crippen molar-refractivity contribution in [2.45, 2.75) is 39.5 Å². The molecule has 2 aromatic carbocycles. The first-order chi connectivity index (χ1) is 13.3. The number of esters is 1. The topological polar surface area (TPSA) is 77.5 Å². The molecule has 0 radical (unpaired) electrons. The van der Waals surface area contributed by atoms with Crippen molar-refractivity contribution < 1.29 is 19.1 Å². The van der Waals surface area contributed by atoms with Crippen LogP contribution >= 0.6 is 11.3 Å². The standard InChI is InChI=1S/C21H22N2O4S/c1-21(2,3)27-20(25)22-12-14-8-10-15(11-9-14)19(24)26-13-18-23-16-6-4-5-7-17(16)28-18/h4-11H,12-13H2,1-3H3,(H,22,25). The summed E-state index contributed by atoms with van der Waals surface area (Å²) >= 11 is 1.51. The Morgan fingerprint density at radius 3 is 2.46 bits per heavy atom. The Morgan fingerprint density at radius 2 is 1.79 bits per heavy atom. The van der Waals surface area contributed by atoms with Crippen LogP contribution in [0.4, 0.5) is 4.79 Å². The summed E-state index contributed by atoms with van der Waals surface area (Å²) < 4.78 is 11.6. The smallest absolute Gasteiger partial charge is 0.407 e. The zero-order chi connectivity index (χ0) is 20.1. The van der Waals surface area contributed by atoms with Gasteiger partial charge < -0.3 is 14.8 Å². The van der Waals surface area contributed by atoms with Crippen LogP contribution in [0.3, 0.4) is 0 Å². The second kappa shape index (κ2) is 8.39. The van der Waals surface area contributed by atoms with Crippen molar-refractivity contribution in [1.29, 1.82) is 0 Å². The normalized spacial score (nSPS) is 11.2. The van der Waals surface area contributed by atoms with Crippen LogP contribution in [0.1, 0.15) is 41.7 Å². The van der Waals surface area contributed by atoms with Crippen molar-refractivity contribution in [3.8, 4) is 0 Å². The zero-order valence-corrected chi connectivity index (χ0v) is 16.8. The van der Waals surface area contributed by atoms with E-state index >= 15 is 0 Å². The minimum Gasteiger partial charge on any atom is -0.455 e. The van der Waals surface area contributed by atoms with E-state index in [0.29, 0.717) is 12.1 Å². The Balaban J connectivity index is 1.51. The molecule has 146 valence electrons. The summed E-state index contributed by atoms with van der Waals surface area (Å²) in [5, 5.41) is 3.44. The van der Waals surface area contributed by atoms with Crippen molar-refractivity contribution in [3.63, 3.8) is 0 Å². The van der Waals surface area contributed by atoms with Gasteiger partial charge in [-0.15, -0.1) is 11.3 Å². The van der Waals surface area contributed by atoms with Crippen LogP contribution < -0.4 is 5.32 Å². The summed E-state index contributed by atoms with van der Waals surface area (Å²) in [5.41, 5.74) is 1.66. The summed E-state index contributed by atoms with van der Waals surface area (Å²) in [6.07, 6.45) is -0.480. The number of nitrogens with zero attached hydrogens (tertiary/aromatic N) is 1. The van der Waals surface area contributed by atoms with Gasteiger partial charge in [-0.05, 0) is 50.6 Å². The van der Waals surface area contributed by atoms with Crippen molar-refractivity contribution >= 4 is 33.6 Å². The second-order valence-corrected chi connectivity index (χ2v) is 8.32. The Hall–Kier alpha value is -2.93. The van der Waals surface area contributed by atoms with Gasteiger partial charge in [0.05, 0.1) is 15.8 Å². The molecule has 0 spiro atoms. The molecular weight excluding hydrogens is 376 g/mol. The number of para-hydroxylation sites is 1. The minimum absolute atomic E-state index is 0.139. The first-order valence-electron chi connectivity index (χ1n) is 8.87. The Bertz CT molecular complexity index is 941. The molecule has 0 saturated carbocycles. The van der Waals surface area contributed by atoms with Crippen LogP contribution in [0.15, 0.2) is 48.5 Å². The fourth-order valence-corrected chi connectivity index (χ4v) is 3.32. The quantitative estimate of drug-likeness (QED) is 0.632. The van der Waals surface area contributed by atoms with Gasteiger partial charge in [0.15, 0.2) is 0 Å². The van der Waals surface area contributed by atoms with Crippen molar-refractivity contribution in [2.75, 3.05) is 0 Å². The third kappa shape index (κ3) is 5.53. The lowest BCUT2D eigenvalue weighted by Crippen LogP contribution is -2.32. The number of alkyl carbamates (subject to hydrolysis) is 1. The third-order valence-corrected chi connectivity index (χ3v) is 4.70. The van der Waals surface area contributed by atoms with Gasteiger partial charge in [-0.2, -0.15) is 0 Å². The molecule has 7 heteroatoms. The molecule has 1 amide bonds. The molecule has 0 aliphatic heterocycles. The molecular formula is C21H22N2O4S. The molecule has 3 rings (SSSR count). The maximum absolute atomic E-state index is 12.2. The summed E-state index contributed by atoms with van der Waals surface area (Å²) in [7, 11) is 0. The van der Waals surface area contributed by atoms with Crippen LogP contribution in [0.5, 0.6) is 0 Å². The zero-order valence-electron chi connectivity index (χ0n) is 16.0. The van der Waals surface area contributed by atoms with Gasteiger partial charge in [0, 0.05) is 6.54 Å². The molecule has 0 bridgehead atoms. The van der Waals surface area contributed by atoms with Crippen LogP contribution in [0, 0.1) is 0 Å². The molecule has 0 fully saturated rings. The maximum atomic E-state index is 12.2. The lowest BCUT2D eigenvalue weighted by molar-refractivity contribution is 0.0470. The highest BCUT2D eigenvalue weighted by atomic mass is 32.1. The molecule has 0 aliphatic rings. The van der Waals surface area contributed by atoms with Crippen LogP contribution in [-0.4, -0.2) is 22.6 Å². The molecule has 1 heterocycles. The number of hydrogen-bond acceptors (Lipinski definition) is 6. The lowest BCUT2D eigenvalue weighted by Gasteiger charge is -2.19. The highest BCUT2D eigenvalue weighted by Gasteiger charge is 2.16. The molecule has 0 atom stereocenters. The number of thiazole rings is 1. The van der Waals surface area contributed by atoms with E-state index in [1.807, 2.05) is 24.3 Å². The summed E-state index contributed by atoms with van der Waals surface area (Å²) in [5.74, 6) is -0.411. The molecule has 1 N–H and O–H groups in total. The molecule has 0 aliphatic carbocycles. The van der Waals surface area contributed by atoms with Crippen molar-refractivity contribution in [2.24, 2.45) is 0 Å². The first-order valence-corrected chi connectivity index (χ1v) is 9.69. The lowest BCUT2D eigenvalue weighted by atomic mass is 10.1. The van der Waals surface area contributed by atoms with Gasteiger partial charge in [0.2, 0.25) is 0 Å². The maximum Gasteiger partial charge on any atom is 0.407 e. The highest BCUT2D eigenvalue weighted by molar-refractivity contribution is 7.18. The van der Waals surface area contributed by atoms with E-state index in [1.165, 1.54) is 11.3 Å². The van der Waals surface area contributed by atoms with E-state index < -0.39 is 17.7 Å². The predicted octanol–water partition coefficient (Wildman–Crippen LogP) is 4.68. The average molecular weight is 398 g/mol. The van der Waals surface area contributed by atoms with Crippen molar-refractivity contribution in [3.05, 3.63) is 64.7 Å². The number of nitrogens with one attached hydrogen (secondary N) is 1. The number of carbonyl (C=O) groups excluding carboxylic acids is 2. The molecule has 3 aromatic rings. The minimum atomic E-state index is -0.541. The third-order valence-electron chi connectivity index (χ3n) is 3.69. The molecule has 28 heavy (non-hydrogen) atoms. The number of hydrogen-bond donors (Lipinski definition) is 1. The van der Waals surface area contributed by atoms with Gasteiger partial charge in [-0.3, -0.25) is 0 Å². The van der Waals surface area contributed by atoms with E-state index in [1.54, 1.807) is 45.0 Å².